The lowest BCUT2D eigenvalue weighted by Crippen LogP contribution is -2.74. The van der Waals surface area contributed by atoms with Crippen LogP contribution in [0.3, 0.4) is 0 Å². The van der Waals surface area contributed by atoms with E-state index in [1.165, 1.54) is 41.5 Å². The van der Waals surface area contributed by atoms with Crippen LogP contribution >= 0.6 is 0 Å². The Kier molecular flexibility index (Phi) is 11.1. The molecule has 0 aliphatic rings. The monoisotopic (exact) mass is 1080 g/mol. The lowest BCUT2D eigenvalue weighted by molar-refractivity contribution is 0.970. The second-order valence-electron chi connectivity index (χ2n) is 21.0. The molecule has 0 unspecified atom stereocenters. The van der Waals surface area contributed by atoms with Crippen molar-refractivity contribution in [1.29, 1.82) is 0 Å². The van der Waals surface area contributed by atoms with Crippen LogP contribution in [0.2, 0.25) is 0 Å². The molecule has 0 saturated heterocycles. The molecule has 0 aliphatic heterocycles. The smallest absolute Gasteiger partial charge is 0.221 e. The number of hydrogen-bond acceptors (Lipinski definition) is 4. The minimum Gasteiger partial charge on any atom is -0.276 e. The number of imidazole rings is 4. The van der Waals surface area contributed by atoms with Crippen molar-refractivity contribution in [1.82, 2.24) is 37.9 Å². The Morgan fingerprint density at radius 3 is 0.854 bits per heavy atom. The van der Waals surface area contributed by atoms with Crippen molar-refractivity contribution in [2.75, 3.05) is 0 Å². The Hall–Kier alpha value is -10.5. The van der Waals surface area contributed by atoms with Crippen molar-refractivity contribution in [2.45, 2.75) is 0 Å². The Bertz CT molecular complexity index is 4540. The molecular formula is C72H50N8Si2. The summed E-state index contributed by atoms with van der Waals surface area (Å²) in [6.45, 7) is 0. The van der Waals surface area contributed by atoms with Gasteiger partial charge in [-0.05, 0) is 90.0 Å². The van der Waals surface area contributed by atoms with E-state index in [0.29, 0.717) is 17.5 Å². The van der Waals surface area contributed by atoms with Gasteiger partial charge in [-0.1, -0.05) is 249 Å². The van der Waals surface area contributed by atoms with Crippen molar-refractivity contribution in [3.8, 4) is 23.0 Å². The molecule has 10 heteroatoms. The van der Waals surface area contributed by atoms with Crippen LogP contribution in [0.15, 0.2) is 303 Å². The average molecular weight is 1080 g/mol. The van der Waals surface area contributed by atoms with Crippen LogP contribution < -0.4 is 41.5 Å². The zero-order valence-electron chi connectivity index (χ0n) is 44.4. The fourth-order valence-corrected chi connectivity index (χ4v) is 22.7. The first-order chi connectivity index (χ1) is 40.7. The van der Waals surface area contributed by atoms with Crippen LogP contribution in [0.1, 0.15) is 0 Å². The molecule has 11 aromatic carbocycles. The summed E-state index contributed by atoms with van der Waals surface area (Å²) in [6, 6.07) is 110. The Morgan fingerprint density at radius 2 is 0.524 bits per heavy atom. The number of nitrogens with zero attached hydrogens (tertiary/aromatic N) is 8. The first kappa shape index (κ1) is 47.5. The summed E-state index contributed by atoms with van der Waals surface area (Å²) in [5, 5.41) is 10.4. The van der Waals surface area contributed by atoms with Crippen LogP contribution in [0.5, 0.6) is 0 Å². The second kappa shape index (κ2) is 19.1. The summed E-state index contributed by atoms with van der Waals surface area (Å²) in [5.74, 6) is 3.48. The third kappa shape index (κ3) is 7.15. The van der Waals surface area contributed by atoms with Gasteiger partial charge in [0.15, 0.2) is 22.0 Å². The number of fused-ring (bicyclic) bond motifs is 10. The van der Waals surface area contributed by atoms with Crippen molar-refractivity contribution < 1.29 is 0 Å². The maximum Gasteiger partial charge on any atom is 0.221 e. The maximum absolute atomic E-state index is 5.55. The van der Waals surface area contributed by atoms with E-state index in [1.807, 2.05) is 18.2 Å². The summed E-state index contributed by atoms with van der Waals surface area (Å²) < 4.78 is 9.07. The molecular weight excluding hydrogens is 1030 g/mol. The molecule has 0 saturated carbocycles. The Labute approximate surface area is 474 Å². The van der Waals surface area contributed by atoms with Crippen LogP contribution in [0, 0.1) is 0 Å². The minimum absolute atomic E-state index is 0.588. The third-order valence-corrected chi connectivity index (χ3v) is 26.2. The largest absolute Gasteiger partial charge is 0.276 e. The topological polar surface area (TPSA) is 70.2 Å². The molecule has 16 aromatic rings. The molecule has 5 aromatic heterocycles. The number of hydrogen-bond donors (Lipinski definition) is 0. The van der Waals surface area contributed by atoms with E-state index in [-0.39, 0.29) is 0 Å². The normalized spacial score (nSPS) is 12.1. The van der Waals surface area contributed by atoms with E-state index in [9.17, 15) is 0 Å². The SMILES string of the molecule is c1ccc(-c2nc(-n3c4ccccc4n4c5cc([Si](c6ccccc6)(c6ccccc6)c6ccccc6)ccc5nc34)cc(-n3c4ccccc4n4c5cc([Si](c6ccccc6)(c6ccccc6)c6ccccc6)ccc5nc34)n2)cc1. The molecule has 82 heavy (non-hydrogen) atoms. The zero-order valence-corrected chi connectivity index (χ0v) is 46.4. The highest BCUT2D eigenvalue weighted by Gasteiger charge is 2.43. The molecule has 0 aliphatic carbocycles. The van der Waals surface area contributed by atoms with Gasteiger partial charge in [0.05, 0.1) is 44.1 Å². The summed E-state index contributed by atoms with van der Waals surface area (Å²) in [4.78, 5) is 22.1. The fourth-order valence-electron chi connectivity index (χ4n) is 13.2. The quantitative estimate of drug-likeness (QED) is 0.0956. The molecule has 16 rings (SSSR count). The van der Waals surface area contributed by atoms with Gasteiger partial charge in [-0.3, -0.25) is 17.9 Å². The van der Waals surface area contributed by atoms with Crippen molar-refractivity contribution in [3.63, 3.8) is 0 Å². The second-order valence-corrected chi connectivity index (χ2v) is 28.6. The standard InChI is InChI=1S/C72H50N8Si2/c1-8-26-51(27-9-1)70-75-68(79-64-42-24-22-40-62(64)77-66-48-58(44-46-60(66)73-71(77)79)81(52-28-10-2-11-29-52,53-30-12-3-13-31-53)54-32-14-4-15-33-54)50-69(76-70)80-65-43-25-23-41-63(65)78-67-49-59(45-47-61(67)74-72(78)80)82(55-34-16-5-17-35-55,56-36-18-6-19-37-56)57-38-20-7-21-39-57/h1-50H. The molecule has 0 N–H and O–H groups in total. The van der Waals surface area contributed by atoms with Gasteiger partial charge >= 0.3 is 0 Å². The van der Waals surface area contributed by atoms with Crippen molar-refractivity contribution in [3.05, 3.63) is 303 Å². The van der Waals surface area contributed by atoms with Gasteiger partial charge in [0, 0.05) is 11.6 Å². The molecule has 0 spiro atoms. The van der Waals surface area contributed by atoms with E-state index < -0.39 is 16.1 Å². The Morgan fingerprint density at radius 1 is 0.232 bits per heavy atom. The van der Waals surface area contributed by atoms with Gasteiger partial charge in [-0.2, -0.15) is 0 Å². The molecule has 5 heterocycles. The van der Waals surface area contributed by atoms with Crippen molar-refractivity contribution >= 4 is 113 Å². The molecule has 0 amide bonds. The van der Waals surface area contributed by atoms with Gasteiger partial charge in [-0.25, -0.2) is 19.9 Å². The molecule has 0 fully saturated rings. The van der Waals surface area contributed by atoms with E-state index in [1.54, 1.807) is 0 Å². The predicted octanol–water partition coefficient (Wildman–Crippen LogP) is 10.4. The number of benzene rings is 11. The van der Waals surface area contributed by atoms with Crippen LogP contribution in [0.4, 0.5) is 0 Å². The molecule has 0 bridgehead atoms. The first-order valence-electron chi connectivity index (χ1n) is 27.8. The maximum atomic E-state index is 5.55. The summed E-state index contributed by atoms with van der Waals surface area (Å²) in [6.07, 6.45) is 0. The van der Waals surface area contributed by atoms with Crippen LogP contribution in [0.25, 0.3) is 78.7 Å². The predicted molar refractivity (Wildman–Crippen MR) is 341 cm³/mol. The summed E-state index contributed by atoms with van der Waals surface area (Å²) >= 11 is 0. The van der Waals surface area contributed by atoms with Crippen LogP contribution in [-0.2, 0) is 0 Å². The highest BCUT2D eigenvalue weighted by atomic mass is 28.3. The van der Waals surface area contributed by atoms with E-state index >= 15 is 0 Å². The molecule has 386 valence electrons. The van der Waals surface area contributed by atoms with Crippen molar-refractivity contribution in [2.24, 2.45) is 0 Å². The summed E-state index contributed by atoms with van der Waals surface area (Å²) in [5.41, 5.74) is 8.74. The highest BCUT2D eigenvalue weighted by molar-refractivity contribution is 7.20. The van der Waals surface area contributed by atoms with Gasteiger partial charge in [0.1, 0.15) is 11.6 Å². The van der Waals surface area contributed by atoms with E-state index in [0.717, 1.165) is 61.3 Å². The number of para-hydroxylation sites is 4. The lowest BCUT2D eigenvalue weighted by atomic mass is 10.2. The third-order valence-electron chi connectivity index (χ3n) is 16.7. The fraction of sp³-hybridized carbons (Fsp3) is 0. The van der Waals surface area contributed by atoms with Crippen LogP contribution in [-0.4, -0.2) is 54.0 Å². The summed E-state index contributed by atoms with van der Waals surface area (Å²) in [7, 11) is -5.76. The van der Waals surface area contributed by atoms with Gasteiger partial charge < -0.3 is 0 Å². The number of rotatable bonds is 11. The minimum atomic E-state index is -2.88. The van der Waals surface area contributed by atoms with Gasteiger partial charge in [-0.15, -0.1) is 0 Å². The molecule has 8 nitrogen and oxygen atoms in total. The Balaban J connectivity index is 0.940. The highest BCUT2D eigenvalue weighted by Crippen LogP contribution is 2.34. The average Bonchev–Trinajstić information content (AvgIpc) is 2.60. The lowest BCUT2D eigenvalue weighted by Gasteiger charge is -2.34. The van der Waals surface area contributed by atoms with Gasteiger partial charge in [0.25, 0.3) is 0 Å². The molecule has 0 atom stereocenters. The van der Waals surface area contributed by atoms with Gasteiger partial charge in [0.2, 0.25) is 11.6 Å². The number of aromatic nitrogens is 8. The first-order valence-corrected chi connectivity index (χ1v) is 31.8. The van der Waals surface area contributed by atoms with E-state index in [4.69, 9.17) is 19.9 Å². The zero-order chi connectivity index (χ0) is 54.2. The molecule has 0 radical (unpaired) electrons. The van der Waals surface area contributed by atoms with E-state index in [2.05, 4.69) is 303 Å².